The summed E-state index contributed by atoms with van der Waals surface area (Å²) in [6.07, 6.45) is 0.412. The lowest BCUT2D eigenvalue weighted by Gasteiger charge is -2.23. The summed E-state index contributed by atoms with van der Waals surface area (Å²) in [5, 5.41) is 6.60. The van der Waals surface area contributed by atoms with E-state index in [9.17, 15) is 4.79 Å². The summed E-state index contributed by atoms with van der Waals surface area (Å²) in [6.45, 7) is 5.91. The first-order valence-electron chi connectivity index (χ1n) is 5.59. The first-order chi connectivity index (χ1) is 7.84. The molecule has 0 aliphatic heterocycles. The second-order valence-electron chi connectivity index (χ2n) is 4.82. The standard InChI is InChI=1S/C13H19ClN2O/c1-9-5-6-10(14)7-11(9)16-12(17)8-13(2,3)15-4/h5-7,15H,8H2,1-4H3,(H,16,17). The monoisotopic (exact) mass is 254 g/mol. The van der Waals surface area contributed by atoms with E-state index in [-0.39, 0.29) is 11.4 Å². The summed E-state index contributed by atoms with van der Waals surface area (Å²) in [6, 6.07) is 5.46. The molecule has 0 aliphatic rings. The summed E-state index contributed by atoms with van der Waals surface area (Å²) in [5.74, 6) is -0.0188. The van der Waals surface area contributed by atoms with Crippen LogP contribution < -0.4 is 10.6 Å². The van der Waals surface area contributed by atoms with Crippen LogP contribution in [0, 0.1) is 6.92 Å². The van der Waals surface area contributed by atoms with Crippen molar-refractivity contribution in [2.24, 2.45) is 0 Å². The highest BCUT2D eigenvalue weighted by Gasteiger charge is 2.19. The third kappa shape index (κ3) is 4.36. The van der Waals surface area contributed by atoms with Gasteiger partial charge in [0.2, 0.25) is 5.91 Å². The van der Waals surface area contributed by atoms with E-state index in [1.807, 2.05) is 40.0 Å². The van der Waals surface area contributed by atoms with E-state index in [0.717, 1.165) is 11.3 Å². The molecule has 0 radical (unpaired) electrons. The Morgan fingerprint density at radius 3 is 2.65 bits per heavy atom. The van der Waals surface area contributed by atoms with Gasteiger partial charge in [0.25, 0.3) is 0 Å². The van der Waals surface area contributed by atoms with Crippen molar-refractivity contribution in [2.45, 2.75) is 32.7 Å². The molecule has 4 heteroatoms. The summed E-state index contributed by atoms with van der Waals surface area (Å²) in [5.41, 5.74) is 1.57. The van der Waals surface area contributed by atoms with Gasteiger partial charge in [0.1, 0.15) is 0 Å². The molecule has 0 aliphatic carbocycles. The Labute approximate surface area is 108 Å². The molecule has 1 rings (SSSR count). The van der Waals surface area contributed by atoms with Crippen molar-refractivity contribution in [3.05, 3.63) is 28.8 Å². The number of aryl methyl sites for hydroxylation is 1. The molecule has 1 amide bonds. The van der Waals surface area contributed by atoms with Crippen LogP contribution in [-0.2, 0) is 4.79 Å². The Morgan fingerprint density at radius 1 is 1.41 bits per heavy atom. The summed E-state index contributed by atoms with van der Waals surface area (Å²) in [7, 11) is 1.85. The van der Waals surface area contributed by atoms with E-state index in [1.54, 1.807) is 6.07 Å². The number of carbonyl (C=O) groups is 1. The molecule has 0 heterocycles. The van der Waals surface area contributed by atoms with Crippen LogP contribution in [-0.4, -0.2) is 18.5 Å². The van der Waals surface area contributed by atoms with Crippen molar-refractivity contribution in [3.8, 4) is 0 Å². The average molecular weight is 255 g/mol. The maximum absolute atomic E-state index is 11.9. The number of nitrogens with one attached hydrogen (secondary N) is 2. The van der Waals surface area contributed by atoms with Crippen molar-refractivity contribution < 1.29 is 4.79 Å². The zero-order valence-electron chi connectivity index (χ0n) is 10.7. The van der Waals surface area contributed by atoms with E-state index in [4.69, 9.17) is 11.6 Å². The number of rotatable bonds is 4. The minimum Gasteiger partial charge on any atom is -0.326 e. The smallest absolute Gasteiger partial charge is 0.226 e. The van der Waals surface area contributed by atoms with Gasteiger partial charge >= 0.3 is 0 Å². The van der Waals surface area contributed by atoms with Crippen LogP contribution in [0.3, 0.4) is 0 Å². The molecule has 0 spiro atoms. The van der Waals surface area contributed by atoms with Gasteiger partial charge in [0.05, 0.1) is 0 Å². The first-order valence-corrected chi connectivity index (χ1v) is 5.97. The molecule has 0 unspecified atom stereocenters. The number of hydrogen-bond donors (Lipinski definition) is 2. The van der Waals surface area contributed by atoms with E-state index < -0.39 is 0 Å². The van der Waals surface area contributed by atoms with Crippen molar-refractivity contribution >= 4 is 23.2 Å². The first kappa shape index (κ1) is 14.0. The molecule has 0 aromatic heterocycles. The Kier molecular flexibility index (Phi) is 4.54. The molecule has 0 saturated heterocycles. The molecule has 0 saturated carbocycles. The minimum absolute atomic E-state index is 0.0188. The number of benzene rings is 1. The van der Waals surface area contributed by atoms with E-state index in [1.165, 1.54) is 0 Å². The Balaban J connectivity index is 2.71. The molecule has 94 valence electrons. The highest BCUT2D eigenvalue weighted by molar-refractivity contribution is 6.31. The molecule has 0 bridgehead atoms. The highest BCUT2D eigenvalue weighted by atomic mass is 35.5. The molecule has 0 atom stereocenters. The lowest BCUT2D eigenvalue weighted by atomic mass is 10.0. The lowest BCUT2D eigenvalue weighted by Crippen LogP contribution is -2.39. The zero-order chi connectivity index (χ0) is 13.1. The fourth-order valence-electron chi connectivity index (χ4n) is 1.41. The van der Waals surface area contributed by atoms with E-state index in [0.29, 0.717) is 11.4 Å². The molecular weight excluding hydrogens is 236 g/mol. The third-order valence-corrected chi connectivity index (χ3v) is 2.99. The quantitative estimate of drug-likeness (QED) is 0.867. The molecule has 3 nitrogen and oxygen atoms in total. The van der Waals surface area contributed by atoms with Crippen LogP contribution in [0.15, 0.2) is 18.2 Å². The maximum Gasteiger partial charge on any atom is 0.226 e. The predicted molar refractivity (Wildman–Crippen MR) is 72.6 cm³/mol. The van der Waals surface area contributed by atoms with E-state index >= 15 is 0 Å². The predicted octanol–water partition coefficient (Wildman–Crippen LogP) is 2.98. The molecule has 1 aromatic rings. The van der Waals surface area contributed by atoms with Gasteiger partial charge in [-0.2, -0.15) is 0 Å². The van der Waals surface area contributed by atoms with Gasteiger partial charge in [-0.25, -0.2) is 0 Å². The van der Waals surface area contributed by atoms with Gasteiger partial charge in [0, 0.05) is 22.7 Å². The zero-order valence-corrected chi connectivity index (χ0v) is 11.5. The van der Waals surface area contributed by atoms with Crippen LogP contribution in [0.2, 0.25) is 5.02 Å². The second-order valence-corrected chi connectivity index (χ2v) is 5.25. The topological polar surface area (TPSA) is 41.1 Å². The molecule has 17 heavy (non-hydrogen) atoms. The van der Waals surface area contributed by atoms with Crippen molar-refractivity contribution in [2.75, 3.05) is 12.4 Å². The SMILES string of the molecule is CNC(C)(C)CC(=O)Nc1cc(Cl)ccc1C. The Bertz CT molecular complexity index is 416. The van der Waals surface area contributed by atoms with Crippen LogP contribution >= 0.6 is 11.6 Å². The number of amides is 1. The average Bonchev–Trinajstić information content (AvgIpc) is 2.23. The van der Waals surface area contributed by atoms with Gasteiger partial charge in [0.15, 0.2) is 0 Å². The van der Waals surface area contributed by atoms with Crippen LogP contribution in [0.1, 0.15) is 25.8 Å². The maximum atomic E-state index is 11.9. The molecule has 2 N–H and O–H groups in total. The third-order valence-electron chi connectivity index (χ3n) is 2.75. The van der Waals surface area contributed by atoms with Gasteiger partial charge in [-0.15, -0.1) is 0 Å². The Morgan fingerprint density at radius 2 is 2.06 bits per heavy atom. The summed E-state index contributed by atoms with van der Waals surface area (Å²) >= 11 is 5.90. The molecule has 1 aromatic carbocycles. The number of halogens is 1. The highest BCUT2D eigenvalue weighted by Crippen LogP contribution is 2.21. The van der Waals surface area contributed by atoms with Gasteiger partial charge < -0.3 is 10.6 Å². The van der Waals surface area contributed by atoms with Crippen LogP contribution in [0.5, 0.6) is 0 Å². The van der Waals surface area contributed by atoms with Crippen molar-refractivity contribution in [3.63, 3.8) is 0 Å². The fourth-order valence-corrected chi connectivity index (χ4v) is 1.59. The second kappa shape index (κ2) is 5.52. The van der Waals surface area contributed by atoms with Gasteiger partial charge in [-0.05, 0) is 45.5 Å². The number of anilines is 1. The summed E-state index contributed by atoms with van der Waals surface area (Å²) in [4.78, 5) is 11.9. The normalized spacial score (nSPS) is 11.4. The fraction of sp³-hybridized carbons (Fsp3) is 0.462. The number of hydrogen-bond acceptors (Lipinski definition) is 2. The lowest BCUT2D eigenvalue weighted by molar-refractivity contribution is -0.117. The van der Waals surface area contributed by atoms with E-state index in [2.05, 4.69) is 10.6 Å². The summed E-state index contributed by atoms with van der Waals surface area (Å²) < 4.78 is 0. The Hall–Kier alpha value is -1.06. The van der Waals surface area contributed by atoms with Gasteiger partial charge in [-0.1, -0.05) is 17.7 Å². The molecule has 0 fully saturated rings. The van der Waals surface area contributed by atoms with Crippen LogP contribution in [0.4, 0.5) is 5.69 Å². The molecular formula is C13H19ClN2O. The largest absolute Gasteiger partial charge is 0.326 e. The number of carbonyl (C=O) groups excluding carboxylic acids is 1. The van der Waals surface area contributed by atoms with Crippen molar-refractivity contribution in [1.82, 2.24) is 5.32 Å². The van der Waals surface area contributed by atoms with Crippen molar-refractivity contribution in [1.29, 1.82) is 0 Å². The van der Waals surface area contributed by atoms with Crippen LogP contribution in [0.25, 0.3) is 0 Å². The van der Waals surface area contributed by atoms with Gasteiger partial charge in [-0.3, -0.25) is 4.79 Å². The minimum atomic E-state index is -0.212.